The number of hydrogen-bond acceptors (Lipinski definition) is 3. The third-order valence-corrected chi connectivity index (χ3v) is 5.35. The number of aliphatic imine (C=N–C) groups is 1. The Bertz CT molecular complexity index is 574. The SMILES string of the molecule is I.NC(=NCC(c1cccc(Cl)c1)N1CCOCC1)NC1CCCCC1. The Morgan fingerprint density at radius 2 is 2.00 bits per heavy atom. The molecule has 0 spiro atoms. The van der Waals surface area contributed by atoms with Gasteiger partial charge in [0.25, 0.3) is 0 Å². The van der Waals surface area contributed by atoms with Crippen LogP contribution >= 0.6 is 35.6 Å². The van der Waals surface area contributed by atoms with Crippen molar-refractivity contribution in [3.63, 3.8) is 0 Å². The van der Waals surface area contributed by atoms with Gasteiger partial charge in [0.15, 0.2) is 5.96 Å². The number of guanidine groups is 1. The van der Waals surface area contributed by atoms with Crippen LogP contribution in [-0.2, 0) is 4.74 Å². The van der Waals surface area contributed by atoms with Crippen LogP contribution in [-0.4, -0.2) is 49.7 Å². The normalized spacial score (nSPS) is 21.0. The van der Waals surface area contributed by atoms with Crippen LogP contribution < -0.4 is 11.1 Å². The van der Waals surface area contributed by atoms with Gasteiger partial charge in [-0.15, -0.1) is 24.0 Å². The van der Waals surface area contributed by atoms with E-state index in [1.54, 1.807) is 0 Å². The van der Waals surface area contributed by atoms with Gasteiger partial charge in [-0.1, -0.05) is 43.0 Å². The lowest BCUT2D eigenvalue weighted by atomic mass is 9.96. The fraction of sp³-hybridized carbons (Fsp3) is 0.632. The van der Waals surface area contributed by atoms with Crippen molar-refractivity contribution < 1.29 is 4.74 Å². The van der Waals surface area contributed by atoms with Gasteiger partial charge in [0.05, 0.1) is 25.8 Å². The van der Waals surface area contributed by atoms with E-state index in [0.29, 0.717) is 18.5 Å². The monoisotopic (exact) mass is 492 g/mol. The van der Waals surface area contributed by atoms with Crippen molar-refractivity contribution in [1.82, 2.24) is 10.2 Å². The summed E-state index contributed by atoms with van der Waals surface area (Å²) in [6.07, 6.45) is 6.28. The summed E-state index contributed by atoms with van der Waals surface area (Å²) in [6, 6.07) is 8.70. The molecule has 1 heterocycles. The zero-order valence-corrected chi connectivity index (χ0v) is 18.3. The van der Waals surface area contributed by atoms with Crippen molar-refractivity contribution in [2.45, 2.75) is 44.2 Å². The second kappa shape index (κ2) is 11.3. The molecule has 3 N–H and O–H groups in total. The van der Waals surface area contributed by atoms with E-state index in [0.717, 1.165) is 31.3 Å². The molecule has 0 radical (unpaired) electrons. The summed E-state index contributed by atoms with van der Waals surface area (Å²) in [5, 5.41) is 4.16. The molecule has 146 valence electrons. The van der Waals surface area contributed by atoms with E-state index in [9.17, 15) is 0 Å². The Balaban J connectivity index is 0.00000243. The van der Waals surface area contributed by atoms with Gasteiger partial charge in [-0.2, -0.15) is 0 Å². The number of benzene rings is 1. The highest BCUT2D eigenvalue weighted by molar-refractivity contribution is 14.0. The topological polar surface area (TPSA) is 62.9 Å². The van der Waals surface area contributed by atoms with Crippen LogP contribution in [0.1, 0.15) is 43.7 Å². The Hall–Kier alpha value is -0.570. The molecule has 1 aliphatic carbocycles. The molecule has 1 aromatic carbocycles. The summed E-state index contributed by atoms with van der Waals surface area (Å²) < 4.78 is 5.49. The number of nitrogens with two attached hydrogens (primary N) is 1. The third kappa shape index (κ3) is 6.55. The summed E-state index contributed by atoms with van der Waals surface area (Å²) in [5.41, 5.74) is 7.34. The standard InChI is InChI=1S/C19H29ClN4O.HI/c20-16-6-4-5-15(13-16)18(24-9-11-25-12-10-24)14-22-19(21)23-17-7-2-1-3-8-17;/h4-6,13,17-18H,1-3,7-12,14H2,(H3,21,22,23);1H. The van der Waals surface area contributed by atoms with E-state index in [-0.39, 0.29) is 30.0 Å². The molecule has 0 aromatic heterocycles. The van der Waals surface area contributed by atoms with E-state index in [4.69, 9.17) is 22.1 Å². The molecule has 2 fully saturated rings. The Kier molecular flexibility index (Phi) is 9.45. The lowest BCUT2D eigenvalue weighted by Crippen LogP contribution is -2.43. The van der Waals surface area contributed by atoms with E-state index >= 15 is 0 Å². The molecule has 2 aliphatic rings. The maximum Gasteiger partial charge on any atom is 0.188 e. The number of morpholine rings is 1. The minimum atomic E-state index is 0. The molecule has 1 saturated heterocycles. The molecule has 1 aromatic rings. The smallest absolute Gasteiger partial charge is 0.188 e. The van der Waals surface area contributed by atoms with Crippen LogP contribution in [0.2, 0.25) is 5.02 Å². The fourth-order valence-corrected chi connectivity index (χ4v) is 3.92. The summed E-state index contributed by atoms with van der Waals surface area (Å²) in [4.78, 5) is 7.07. The summed E-state index contributed by atoms with van der Waals surface area (Å²) in [6.45, 7) is 3.96. The Morgan fingerprint density at radius 3 is 2.69 bits per heavy atom. The lowest BCUT2D eigenvalue weighted by Gasteiger charge is -2.34. The second-order valence-electron chi connectivity index (χ2n) is 6.92. The highest BCUT2D eigenvalue weighted by atomic mass is 127. The first-order valence-corrected chi connectivity index (χ1v) is 9.74. The van der Waals surface area contributed by atoms with Crippen LogP contribution in [0.25, 0.3) is 0 Å². The molecule has 0 bridgehead atoms. The number of ether oxygens (including phenoxy) is 1. The predicted molar refractivity (Wildman–Crippen MR) is 118 cm³/mol. The summed E-state index contributed by atoms with van der Waals surface area (Å²) in [5.74, 6) is 0.562. The molecule has 0 amide bonds. The van der Waals surface area contributed by atoms with Crippen LogP contribution in [0.5, 0.6) is 0 Å². The van der Waals surface area contributed by atoms with Crippen LogP contribution in [0.3, 0.4) is 0 Å². The van der Waals surface area contributed by atoms with E-state index in [1.807, 2.05) is 18.2 Å². The number of nitrogens with one attached hydrogen (secondary N) is 1. The first-order chi connectivity index (χ1) is 12.2. The van der Waals surface area contributed by atoms with Gasteiger partial charge in [0.2, 0.25) is 0 Å². The first kappa shape index (κ1) is 21.7. The lowest BCUT2D eigenvalue weighted by molar-refractivity contribution is 0.0180. The number of halogens is 2. The number of rotatable bonds is 5. The molecular weight excluding hydrogens is 463 g/mol. The van der Waals surface area contributed by atoms with Gasteiger partial charge >= 0.3 is 0 Å². The zero-order chi connectivity index (χ0) is 17.5. The van der Waals surface area contributed by atoms with E-state index in [1.165, 1.54) is 37.7 Å². The molecular formula is C19H30ClIN4O. The number of hydrogen-bond donors (Lipinski definition) is 2. The zero-order valence-electron chi connectivity index (χ0n) is 15.2. The van der Waals surface area contributed by atoms with E-state index in [2.05, 4.69) is 21.3 Å². The van der Waals surface area contributed by atoms with Crippen molar-refractivity contribution in [2.75, 3.05) is 32.8 Å². The van der Waals surface area contributed by atoms with Gasteiger partial charge < -0.3 is 15.8 Å². The van der Waals surface area contributed by atoms with E-state index < -0.39 is 0 Å². The largest absolute Gasteiger partial charge is 0.379 e. The minimum Gasteiger partial charge on any atom is -0.379 e. The highest BCUT2D eigenvalue weighted by Crippen LogP contribution is 2.25. The van der Waals surface area contributed by atoms with Crippen LogP contribution in [0, 0.1) is 0 Å². The molecule has 1 saturated carbocycles. The minimum absolute atomic E-state index is 0. The van der Waals surface area contributed by atoms with Crippen molar-refractivity contribution in [1.29, 1.82) is 0 Å². The van der Waals surface area contributed by atoms with Gasteiger partial charge in [-0.3, -0.25) is 9.89 Å². The van der Waals surface area contributed by atoms with Crippen LogP contribution in [0.15, 0.2) is 29.3 Å². The third-order valence-electron chi connectivity index (χ3n) is 5.11. The maximum absolute atomic E-state index is 6.20. The van der Waals surface area contributed by atoms with Gasteiger partial charge in [-0.25, -0.2) is 0 Å². The Labute approximate surface area is 178 Å². The summed E-state index contributed by atoms with van der Waals surface area (Å²) >= 11 is 6.20. The van der Waals surface area contributed by atoms with Gasteiger partial charge in [0, 0.05) is 24.2 Å². The van der Waals surface area contributed by atoms with Crippen molar-refractivity contribution in [3.05, 3.63) is 34.9 Å². The molecule has 3 rings (SSSR count). The molecule has 1 aliphatic heterocycles. The molecule has 1 atom stereocenters. The molecule has 7 heteroatoms. The van der Waals surface area contributed by atoms with Crippen molar-refractivity contribution >= 4 is 41.5 Å². The maximum atomic E-state index is 6.20. The van der Waals surface area contributed by atoms with Gasteiger partial charge in [-0.05, 0) is 30.5 Å². The number of nitrogens with zero attached hydrogens (tertiary/aromatic N) is 2. The predicted octanol–water partition coefficient (Wildman–Crippen LogP) is 3.57. The van der Waals surface area contributed by atoms with Crippen molar-refractivity contribution in [2.24, 2.45) is 10.7 Å². The molecule has 5 nitrogen and oxygen atoms in total. The second-order valence-corrected chi connectivity index (χ2v) is 7.36. The van der Waals surface area contributed by atoms with Crippen LogP contribution in [0.4, 0.5) is 0 Å². The van der Waals surface area contributed by atoms with Gasteiger partial charge in [0.1, 0.15) is 0 Å². The quantitative estimate of drug-likeness (QED) is 0.375. The highest BCUT2D eigenvalue weighted by Gasteiger charge is 2.23. The average molecular weight is 493 g/mol. The molecule has 1 unspecified atom stereocenters. The average Bonchev–Trinajstić information content (AvgIpc) is 2.64. The Morgan fingerprint density at radius 1 is 1.27 bits per heavy atom. The first-order valence-electron chi connectivity index (χ1n) is 9.36. The fourth-order valence-electron chi connectivity index (χ4n) is 3.72. The van der Waals surface area contributed by atoms with Crippen molar-refractivity contribution in [3.8, 4) is 0 Å². The summed E-state index contributed by atoms with van der Waals surface area (Å²) in [7, 11) is 0. The molecule has 26 heavy (non-hydrogen) atoms.